The van der Waals surface area contributed by atoms with Gasteiger partial charge in [0.15, 0.2) is 0 Å². The molecule has 0 aromatic rings. The minimum Gasteiger partial charge on any atom is -0.361 e. The van der Waals surface area contributed by atoms with E-state index < -0.39 is 0 Å². The highest BCUT2D eigenvalue weighted by atomic mass is 32.1. The van der Waals surface area contributed by atoms with Crippen LogP contribution in [0.2, 0.25) is 0 Å². The van der Waals surface area contributed by atoms with Gasteiger partial charge in [-0.2, -0.15) is 0 Å². The maximum atomic E-state index is 5.61. The summed E-state index contributed by atoms with van der Waals surface area (Å²) in [7, 11) is 0. The van der Waals surface area contributed by atoms with E-state index in [2.05, 4.69) is 12.6 Å². The van der Waals surface area contributed by atoms with E-state index in [1.54, 1.807) is 0 Å². The Hall–Kier alpha value is 0.0500. The standard InChI is InChI=1S/C9H16OS/c1-2-6-9(11)7-4-3-5-8-10-9/h2,6,11H,3-5,7-8H2,1H3/b6-2-. The zero-order valence-electron chi connectivity index (χ0n) is 7.05. The normalized spacial score (nSPS) is 34.0. The molecule has 0 saturated carbocycles. The summed E-state index contributed by atoms with van der Waals surface area (Å²) in [5.41, 5.74) is 0. The van der Waals surface area contributed by atoms with Gasteiger partial charge < -0.3 is 4.74 Å². The van der Waals surface area contributed by atoms with Gasteiger partial charge in [-0.1, -0.05) is 12.5 Å². The molecule has 1 atom stereocenters. The zero-order chi connectivity index (χ0) is 8.16. The van der Waals surface area contributed by atoms with Crippen molar-refractivity contribution in [3.63, 3.8) is 0 Å². The molecule has 0 radical (unpaired) electrons. The zero-order valence-corrected chi connectivity index (χ0v) is 7.94. The number of rotatable bonds is 1. The summed E-state index contributed by atoms with van der Waals surface area (Å²) in [5.74, 6) is 0. The lowest BCUT2D eigenvalue weighted by atomic mass is 10.1. The molecule has 1 unspecified atom stereocenters. The highest BCUT2D eigenvalue weighted by molar-refractivity contribution is 7.81. The van der Waals surface area contributed by atoms with Gasteiger partial charge in [0.1, 0.15) is 4.93 Å². The monoisotopic (exact) mass is 172 g/mol. The molecule has 64 valence electrons. The molecular weight excluding hydrogens is 156 g/mol. The predicted octanol–water partition coefficient (Wildman–Crippen LogP) is 2.78. The van der Waals surface area contributed by atoms with E-state index in [0.29, 0.717) is 0 Å². The maximum Gasteiger partial charge on any atom is 0.129 e. The number of hydrogen-bond acceptors (Lipinski definition) is 2. The topological polar surface area (TPSA) is 9.23 Å². The smallest absolute Gasteiger partial charge is 0.129 e. The van der Waals surface area contributed by atoms with Gasteiger partial charge in [0.25, 0.3) is 0 Å². The summed E-state index contributed by atoms with van der Waals surface area (Å²) >= 11 is 4.49. The molecule has 1 aliphatic heterocycles. The number of allylic oxidation sites excluding steroid dienone is 1. The largest absolute Gasteiger partial charge is 0.361 e. The Labute approximate surface area is 74.2 Å². The first-order valence-corrected chi connectivity index (χ1v) is 4.72. The van der Waals surface area contributed by atoms with E-state index in [9.17, 15) is 0 Å². The third kappa shape index (κ3) is 2.88. The van der Waals surface area contributed by atoms with Crippen LogP contribution in [-0.2, 0) is 4.74 Å². The van der Waals surface area contributed by atoms with E-state index in [1.165, 1.54) is 19.3 Å². The SMILES string of the molecule is C/C=C\C1(S)CCCCCO1. The Morgan fingerprint density at radius 2 is 2.18 bits per heavy atom. The van der Waals surface area contributed by atoms with Crippen LogP contribution < -0.4 is 0 Å². The molecule has 1 heterocycles. The molecule has 0 amide bonds. The molecule has 0 spiro atoms. The highest BCUT2D eigenvalue weighted by Crippen LogP contribution is 2.28. The van der Waals surface area contributed by atoms with Gasteiger partial charge in [-0.3, -0.25) is 0 Å². The van der Waals surface area contributed by atoms with E-state index in [1.807, 2.05) is 19.1 Å². The Bertz CT molecular complexity index is 134. The van der Waals surface area contributed by atoms with Crippen LogP contribution in [0.1, 0.15) is 32.6 Å². The van der Waals surface area contributed by atoms with Crippen molar-refractivity contribution < 1.29 is 4.74 Å². The number of hydrogen-bond donors (Lipinski definition) is 1. The van der Waals surface area contributed by atoms with E-state index in [4.69, 9.17) is 4.74 Å². The summed E-state index contributed by atoms with van der Waals surface area (Å²) in [6, 6.07) is 0. The van der Waals surface area contributed by atoms with Crippen molar-refractivity contribution in [1.29, 1.82) is 0 Å². The Balaban J connectivity index is 2.51. The van der Waals surface area contributed by atoms with Crippen LogP contribution in [-0.4, -0.2) is 11.5 Å². The van der Waals surface area contributed by atoms with Crippen molar-refractivity contribution in [3.05, 3.63) is 12.2 Å². The van der Waals surface area contributed by atoms with E-state index in [0.717, 1.165) is 13.0 Å². The first-order chi connectivity index (χ1) is 5.27. The van der Waals surface area contributed by atoms with Crippen LogP contribution in [0.4, 0.5) is 0 Å². The van der Waals surface area contributed by atoms with Gasteiger partial charge in [-0.15, -0.1) is 12.6 Å². The van der Waals surface area contributed by atoms with Crippen molar-refractivity contribution in [3.8, 4) is 0 Å². The molecule has 1 saturated heterocycles. The Morgan fingerprint density at radius 1 is 1.36 bits per heavy atom. The highest BCUT2D eigenvalue weighted by Gasteiger charge is 2.23. The average molecular weight is 172 g/mol. The van der Waals surface area contributed by atoms with Gasteiger partial charge >= 0.3 is 0 Å². The second-order valence-electron chi connectivity index (χ2n) is 3.00. The minimum atomic E-state index is -0.273. The molecule has 0 aromatic carbocycles. The van der Waals surface area contributed by atoms with Gasteiger partial charge in [-0.05, 0) is 32.3 Å². The Kier molecular flexibility index (Phi) is 3.46. The van der Waals surface area contributed by atoms with E-state index in [-0.39, 0.29) is 4.93 Å². The lowest BCUT2D eigenvalue weighted by Gasteiger charge is -2.22. The van der Waals surface area contributed by atoms with E-state index >= 15 is 0 Å². The summed E-state index contributed by atoms with van der Waals surface area (Å²) in [5, 5.41) is 0. The molecule has 0 aromatic heterocycles. The second-order valence-corrected chi connectivity index (χ2v) is 3.76. The fourth-order valence-electron chi connectivity index (χ4n) is 1.37. The first kappa shape index (κ1) is 9.14. The first-order valence-electron chi connectivity index (χ1n) is 4.27. The predicted molar refractivity (Wildman–Crippen MR) is 51.0 cm³/mol. The summed E-state index contributed by atoms with van der Waals surface area (Å²) < 4.78 is 5.61. The van der Waals surface area contributed by atoms with Crippen LogP contribution in [0.3, 0.4) is 0 Å². The van der Waals surface area contributed by atoms with Crippen molar-refractivity contribution in [1.82, 2.24) is 0 Å². The molecule has 1 fully saturated rings. The summed E-state index contributed by atoms with van der Waals surface area (Å²) in [6.45, 7) is 2.86. The summed E-state index contributed by atoms with van der Waals surface area (Å²) in [6.07, 6.45) is 8.79. The second kappa shape index (κ2) is 4.17. The maximum absolute atomic E-state index is 5.61. The molecule has 0 aliphatic carbocycles. The summed E-state index contributed by atoms with van der Waals surface area (Å²) in [4.78, 5) is -0.273. The lowest BCUT2D eigenvalue weighted by molar-refractivity contribution is 0.0670. The molecular formula is C9H16OS. The minimum absolute atomic E-state index is 0.273. The van der Waals surface area contributed by atoms with Gasteiger partial charge in [0, 0.05) is 6.61 Å². The van der Waals surface area contributed by atoms with Crippen LogP contribution >= 0.6 is 12.6 Å². The van der Waals surface area contributed by atoms with Gasteiger partial charge in [0.2, 0.25) is 0 Å². The molecule has 2 heteroatoms. The number of ether oxygens (including phenoxy) is 1. The molecule has 1 nitrogen and oxygen atoms in total. The van der Waals surface area contributed by atoms with Crippen molar-refractivity contribution in [2.45, 2.75) is 37.5 Å². The quantitative estimate of drug-likeness (QED) is 0.472. The van der Waals surface area contributed by atoms with Crippen LogP contribution in [0.15, 0.2) is 12.2 Å². The molecule has 1 rings (SSSR count). The molecule has 0 N–H and O–H groups in total. The molecule has 0 bridgehead atoms. The van der Waals surface area contributed by atoms with Crippen molar-refractivity contribution in [2.75, 3.05) is 6.61 Å². The van der Waals surface area contributed by atoms with Crippen molar-refractivity contribution in [2.24, 2.45) is 0 Å². The fourth-order valence-corrected chi connectivity index (χ4v) is 1.77. The third-order valence-electron chi connectivity index (χ3n) is 1.96. The van der Waals surface area contributed by atoms with Gasteiger partial charge in [-0.25, -0.2) is 0 Å². The third-order valence-corrected chi connectivity index (χ3v) is 2.46. The van der Waals surface area contributed by atoms with Crippen LogP contribution in [0, 0.1) is 0 Å². The lowest BCUT2D eigenvalue weighted by Crippen LogP contribution is -2.21. The fraction of sp³-hybridized carbons (Fsp3) is 0.778. The van der Waals surface area contributed by atoms with Gasteiger partial charge in [0.05, 0.1) is 0 Å². The van der Waals surface area contributed by atoms with Crippen LogP contribution in [0.5, 0.6) is 0 Å². The molecule has 1 aliphatic rings. The number of thiol groups is 1. The Morgan fingerprint density at radius 3 is 2.91 bits per heavy atom. The molecule has 11 heavy (non-hydrogen) atoms. The van der Waals surface area contributed by atoms with Crippen LogP contribution in [0.25, 0.3) is 0 Å². The van der Waals surface area contributed by atoms with Crippen molar-refractivity contribution >= 4 is 12.6 Å². The average Bonchev–Trinajstić information content (AvgIpc) is 2.15.